The number of nitrogens with one attached hydrogen (secondary N) is 1. The van der Waals surface area contributed by atoms with Crippen molar-refractivity contribution in [3.05, 3.63) is 57.6 Å². The van der Waals surface area contributed by atoms with E-state index in [0.29, 0.717) is 27.4 Å². The van der Waals surface area contributed by atoms with Gasteiger partial charge in [0.25, 0.3) is 5.91 Å². The summed E-state index contributed by atoms with van der Waals surface area (Å²) in [4.78, 5) is 25.7. The fourth-order valence-corrected chi connectivity index (χ4v) is 3.23. The predicted molar refractivity (Wildman–Crippen MR) is 113 cm³/mol. The Balaban J connectivity index is 1.89. The zero-order valence-electron chi connectivity index (χ0n) is 16.4. The maximum absolute atomic E-state index is 12.3. The largest absolute Gasteiger partial charge is 0.484 e. The van der Waals surface area contributed by atoms with Crippen LogP contribution in [0.2, 0.25) is 10.0 Å². The van der Waals surface area contributed by atoms with Crippen LogP contribution in [-0.4, -0.2) is 36.9 Å². The monoisotopic (exact) mass is 422 g/mol. The SMILES string of the molecule is Cc1cc(OCC(=O)N(C)CC(=O)Nc2c(Cl)cccc2Cl)ccc1C(C)C. The summed E-state index contributed by atoms with van der Waals surface area (Å²) >= 11 is 12.1. The Morgan fingerprint density at radius 1 is 1.14 bits per heavy atom. The van der Waals surface area contributed by atoms with Crippen LogP contribution in [0.1, 0.15) is 30.9 Å². The molecule has 0 heterocycles. The van der Waals surface area contributed by atoms with Gasteiger partial charge in [-0.15, -0.1) is 0 Å². The van der Waals surface area contributed by atoms with E-state index in [-0.39, 0.29) is 19.1 Å². The van der Waals surface area contributed by atoms with E-state index in [4.69, 9.17) is 27.9 Å². The van der Waals surface area contributed by atoms with Gasteiger partial charge >= 0.3 is 0 Å². The van der Waals surface area contributed by atoms with E-state index in [2.05, 4.69) is 19.2 Å². The molecule has 0 spiro atoms. The molecule has 0 unspecified atom stereocenters. The molecule has 0 atom stereocenters. The molecule has 2 amide bonds. The van der Waals surface area contributed by atoms with Crippen molar-refractivity contribution in [2.24, 2.45) is 0 Å². The van der Waals surface area contributed by atoms with Crippen LogP contribution in [0.3, 0.4) is 0 Å². The molecule has 0 saturated heterocycles. The van der Waals surface area contributed by atoms with Gasteiger partial charge in [0.2, 0.25) is 5.91 Å². The van der Waals surface area contributed by atoms with Gasteiger partial charge in [0.15, 0.2) is 6.61 Å². The number of anilines is 1. The van der Waals surface area contributed by atoms with Crippen molar-refractivity contribution in [1.82, 2.24) is 4.90 Å². The van der Waals surface area contributed by atoms with Gasteiger partial charge in [-0.1, -0.05) is 49.2 Å². The molecule has 7 heteroatoms. The van der Waals surface area contributed by atoms with Crippen LogP contribution < -0.4 is 10.1 Å². The van der Waals surface area contributed by atoms with E-state index in [1.54, 1.807) is 18.2 Å². The Labute approximate surface area is 175 Å². The van der Waals surface area contributed by atoms with E-state index in [1.807, 2.05) is 25.1 Å². The number of nitrogens with zero attached hydrogens (tertiary/aromatic N) is 1. The summed E-state index contributed by atoms with van der Waals surface area (Å²) in [5, 5.41) is 3.29. The summed E-state index contributed by atoms with van der Waals surface area (Å²) in [6, 6.07) is 10.7. The number of carbonyl (C=O) groups is 2. The summed E-state index contributed by atoms with van der Waals surface area (Å²) in [7, 11) is 1.53. The molecular formula is C21H24Cl2N2O3. The summed E-state index contributed by atoms with van der Waals surface area (Å²) in [6.45, 7) is 5.97. The van der Waals surface area contributed by atoms with Crippen LogP contribution in [0.25, 0.3) is 0 Å². The van der Waals surface area contributed by atoms with Crippen LogP contribution in [0.5, 0.6) is 5.75 Å². The lowest BCUT2D eigenvalue weighted by molar-refractivity contribution is -0.135. The van der Waals surface area contributed by atoms with Crippen LogP contribution in [0, 0.1) is 6.92 Å². The van der Waals surface area contributed by atoms with Crippen molar-refractivity contribution in [3.8, 4) is 5.75 Å². The van der Waals surface area contributed by atoms with Gasteiger partial charge in [-0.3, -0.25) is 9.59 Å². The second-order valence-electron chi connectivity index (χ2n) is 6.86. The summed E-state index contributed by atoms with van der Waals surface area (Å²) < 4.78 is 5.58. The fourth-order valence-electron chi connectivity index (χ4n) is 2.74. The third-order valence-corrected chi connectivity index (χ3v) is 4.89. The van der Waals surface area contributed by atoms with Crippen LogP contribution in [0.4, 0.5) is 5.69 Å². The van der Waals surface area contributed by atoms with Crippen molar-refractivity contribution in [1.29, 1.82) is 0 Å². The number of aryl methyl sites for hydroxylation is 1. The minimum Gasteiger partial charge on any atom is -0.484 e. The van der Waals surface area contributed by atoms with Gasteiger partial charge in [-0.25, -0.2) is 0 Å². The molecule has 0 aliphatic carbocycles. The highest BCUT2D eigenvalue weighted by Gasteiger charge is 2.16. The molecule has 0 bridgehead atoms. The van der Waals surface area contributed by atoms with Crippen molar-refractivity contribution >= 4 is 40.7 Å². The number of ether oxygens (including phenoxy) is 1. The number of carbonyl (C=O) groups excluding carboxylic acids is 2. The van der Waals surface area contributed by atoms with E-state index >= 15 is 0 Å². The highest BCUT2D eigenvalue weighted by atomic mass is 35.5. The average Bonchev–Trinajstić information content (AvgIpc) is 2.62. The van der Waals surface area contributed by atoms with E-state index in [1.165, 1.54) is 17.5 Å². The number of likely N-dealkylation sites (N-methyl/N-ethyl adjacent to an activating group) is 1. The van der Waals surface area contributed by atoms with Gasteiger partial charge in [0.1, 0.15) is 5.75 Å². The maximum Gasteiger partial charge on any atom is 0.260 e. The van der Waals surface area contributed by atoms with Gasteiger partial charge in [0.05, 0.1) is 22.3 Å². The predicted octanol–water partition coefficient (Wildman–Crippen LogP) is 4.90. The van der Waals surface area contributed by atoms with Crippen LogP contribution in [-0.2, 0) is 9.59 Å². The van der Waals surface area contributed by atoms with E-state index < -0.39 is 5.91 Å². The van der Waals surface area contributed by atoms with Crippen molar-refractivity contribution in [2.45, 2.75) is 26.7 Å². The van der Waals surface area contributed by atoms with Gasteiger partial charge in [-0.2, -0.15) is 0 Å². The normalized spacial score (nSPS) is 10.7. The zero-order valence-corrected chi connectivity index (χ0v) is 17.9. The number of halogens is 2. The molecule has 1 N–H and O–H groups in total. The zero-order chi connectivity index (χ0) is 20.8. The molecular weight excluding hydrogens is 399 g/mol. The lowest BCUT2D eigenvalue weighted by Crippen LogP contribution is -2.37. The molecule has 28 heavy (non-hydrogen) atoms. The number of hydrogen-bond acceptors (Lipinski definition) is 3. The number of hydrogen-bond donors (Lipinski definition) is 1. The number of benzene rings is 2. The maximum atomic E-state index is 12.3. The standard InChI is InChI=1S/C21H24Cl2N2O3/c1-13(2)16-9-8-15(10-14(16)3)28-12-20(27)25(4)11-19(26)24-21-17(22)6-5-7-18(21)23/h5-10,13H,11-12H2,1-4H3,(H,24,26). The molecule has 150 valence electrons. The summed E-state index contributed by atoms with van der Waals surface area (Å²) in [6.07, 6.45) is 0. The fraction of sp³-hybridized carbons (Fsp3) is 0.333. The number of rotatable bonds is 7. The topological polar surface area (TPSA) is 58.6 Å². The molecule has 0 aliphatic heterocycles. The van der Waals surface area contributed by atoms with Gasteiger partial charge in [0, 0.05) is 7.05 Å². The lowest BCUT2D eigenvalue weighted by atomic mass is 9.98. The Morgan fingerprint density at radius 3 is 2.36 bits per heavy atom. The Morgan fingerprint density at radius 2 is 1.79 bits per heavy atom. The molecule has 0 saturated carbocycles. The van der Waals surface area contributed by atoms with Crippen molar-refractivity contribution < 1.29 is 14.3 Å². The van der Waals surface area contributed by atoms with Gasteiger partial charge < -0.3 is 15.0 Å². The quantitative estimate of drug-likeness (QED) is 0.689. The average molecular weight is 423 g/mol. The number of amides is 2. The third-order valence-electron chi connectivity index (χ3n) is 4.26. The van der Waals surface area contributed by atoms with Crippen molar-refractivity contribution in [3.63, 3.8) is 0 Å². The Hall–Kier alpha value is -2.24. The Bertz CT molecular complexity index is 848. The van der Waals surface area contributed by atoms with E-state index in [9.17, 15) is 9.59 Å². The third kappa shape index (κ3) is 5.88. The van der Waals surface area contributed by atoms with Crippen LogP contribution >= 0.6 is 23.2 Å². The summed E-state index contributed by atoms with van der Waals surface area (Å²) in [5.41, 5.74) is 2.68. The molecule has 0 aromatic heterocycles. The lowest BCUT2D eigenvalue weighted by Gasteiger charge is -2.18. The molecule has 2 aromatic carbocycles. The van der Waals surface area contributed by atoms with Crippen LogP contribution in [0.15, 0.2) is 36.4 Å². The first-order valence-electron chi connectivity index (χ1n) is 8.90. The Kier molecular flexibility index (Phi) is 7.72. The molecule has 2 aromatic rings. The molecule has 0 radical (unpaired) electrons. The number of para-hydroxylation sites is 1. The molecule has 5 nitrogen and oxygen atoms in total. The smallest absolute Gasteiger partial charge is 0.260 e. The van der Waals surface area contributed by atoms with Crippen molar-refractivity contribution in [2.75, 3.05) is 25.5 Å². The second kappa shape index (κ2) is 9.80. The first kappa shape index (κ1) is 22.1. The molecule has 0 aliphatic rings. The minimum absolute atomic E-state index is 0.144. The van der Waals surface area contributed by atoms with Gasteiger partial charge in [-0.05, 0) is 48.2 Å². The van der Waals surface area contributed by atoms with E-state index in [0.717, 1.165) is 5.56 Å². The molecule has 2 rings (SSSR count). The minimum atomic E-state index is -0.400. The summed E-state index contributed by atoms with van der Waals surface area (Å²) in [5.74, 6) is 0.330. The second-order valence-corrected chi connectivity index (χ2v) is 7.67. The molecule has 0 fully saturated rings. The first-order chi connectivity index (χ1) is 13.2. The highest BCUT2D eigenvalue weighted by molar-refractivity contribution is 6.39. The first-order valence-corrected chi connectivity index (χ1v) is 9.65. The highest BCUT2D eigenvalue weighted by Crippen LogP contribution is 2.29.